The number of aryl methyl sites for hydroxylation is 2. The lowest BCUT2D eigenvalue weighted by Gasteiger charge is -2.09. The highest BCUT2D eigenvalue weighted by molar-refractivity contribution is 6.04. The maximum absolute atomic E-state index is 12.3. The second kappa shape index (κ2) is 9.21. The van der Waals surface area contributed by atoms with Crippen molar-refractivity contribution >= 4 is 17.5 Å². The summed E-state index contributed by atoms with van der Waals surface area (Å²) >= 11 is 0. The molecule has 0 spiro atoms. The lowest BCUT2D eigenvalue weighted by molar-refractivity contribution is -0.142. The van der Waals surface area contributed by atoms with Gasteiger partial charge in [-0.3, -0.25) is 14.4 Å². The van der Waals surface area contributed by atoms with E-state index >= 15 is 0 Å². The van der Waals surface area contributed by atoms with Gasteiger partial charge in [-0.25, -0.2) is 0 Å². The SMILES string of the molecule is COc1ccc(CCC(=O)OCC(=O)c2[nH]c(C)c(C(C)=O)c2C)cc1OC. The van der Waals surface area contributed by atoms with Gasteiger partial charge in [-0.15, -0.1) is 0 Å². The maximum atomic E-state index is 12.3. The number of ether oxygens (including phenoxy) is 3. The van der Waals surface area contributed by atoms with Gasteiger partial charge < -0.3 is 19.2 Å². The highest BCUT2D eigenvalue weighted by Gasteiger charge is 2.20. The standard InChI is InChI=1S/C21H25NO6/c1-12-20(14(3)23)13(2)22-21(12)16(24)11-28-19(25)9-7-15-6-8-17(26-4)18(10-15)27-5/h6,8,10,22H,7,9,11H2,1-5H3. The summed E-state index contributed by atoms with van der Waals surface area (Å²) in [5.74, 6) is 0.240. The molecule has 0 aliphatic heterocycles. The summed E-state index contributed by atoms with van der Waals surface area (Å²) in [6.45, 7) is 4.51. The fourth-order valence-electron chi connectivity index (χ4n) is 3.13. The summed E-state index contributed by atoms with van der Waals surface area (Å²) in [6.07, 6.45) is 0.576. The lowest BCUT2D eigenvalue weighted by Crippen LogP contribution is -2.15. The summed E-state index contributed by atoms with van der Waals surface area (Å²) in [7, 11) is 3.10. The molecule has 1 N–H and O–H groups in total. The van der Waals surface area contributed by atoms with Crippen LogP contribution in [0.3, 0.4) is 0 Å². The van der Waals surface area contributed by atoms with Gasteiger partial charge in [0.1, 0.15) is 0 Å². The number of esters is 1. The van der Waals surface area contributed by atoms with E-state index in [-0.39, 0.29) is 24.6 Å². The minimum Gasteiger partial charge on any atom is -0.493 e. The summed E-state index contributed by atoms with van der Waals surface area (Å²) in [5.41, 5.74) is 2.91. The van der Waals surface area contributed by atoms with Crippen LogP contribution in [0.2, 0.25) is 0 Å². The molecule has 0 amide bonds. The molecule has 0 radical (unpaired) electrons. The number of carbonyl (C=O) groups excluding carboxylic acids is 3. The fraction of sp³-hybridized carbons (Fsp3) is 0.381. The highest BCUT2D eigenvalue weighted by atomic mass is 16.5. The minimum absolute atomic E-state index is 0.114. The first kappa shape index (κ1) is 21.2. The van der Waals surface area contributed by atoms with E-state index in [2.05, 4.69) is 4.98 Å². The van der Waals surface area contributed by atoms with Crippen molar-refractivity contribution in [1.29, 1.82) is 0 Å². The van der Waals surface area contributed by atoms with Crippen LogP contribution in [0.4, 0.5) is 0 Å². The first-order chi connectivity index (χ1) is 13.3. The third-order valence-corrected chi connectivity index (χ3v) is 4.50. The molecule has 28 heavy (non-hydrogen) atoms. The van der Waals surface area contributed by atoms with Crippen LogP contribution in [0.15, 0.2) is 18.2 Å². The number of carbonyl (C=O) groups is 3. The predicted molar refractivity (Wildman–Crippen MR) is 103 cm³/mol. The second-order valence-electron chi connectivity index (χ2n) is 6.45. The maximum Gasteiger partial charge on any atom is 0.306 e. The molecule has 1 aromatic heterocycles. The first-order valence-electron chi connectivity index (χ1n) is 8.88. The van der Waals surface area contributed by atoms with Crippen LogP contribution >= 0.6 is 0 Å². The molecular weight excluding hydrogens is 362 g/mol. The molecule has 1 heterocycles. The second-order valence-corrected chi connectivity index (χ2v) is 6.45. The Morgan fingerprint density at radius 1 is 1.04 bits per heavy atom. The summed E-state index contributed by atoms with van der Waals surface area (Å²) in [5, 5.41) is 0. The average Bonchev–Trinajstić information content (AvgIpc) is 2.98. The van der Waals surface area contributed by atoms with Gasteiger partial charge in [0, 0.05) is 17.7 Å². The van der Waals surface area contributed by atoms with Crippen molar-refractivity contribution in [3.63, 3.8) is 0 Å². The number of hydrogen-bond acceptors (Lipinski definition) is 6. The number of nitrogens with one attached hydrogen (secondary N) is 1. The van der Waals surface area contributed by atoms with E-state index < -0.39 is 5.97 Å². The Hall–Kier alpha value is -3.09. The van der Waals surface area contributed by atoms with Crippen molar-refractivity contribution < 1.29 is 28.6 Å². The number of aromatic nitrogens is 1. The number of methoxy groups -OCH3 is 2. The van der Waals surface area contributed by atoms with E-state index in [0.29, 0.717) is 40.4 Å². The highest BCUT2D eigenvalue weighted by Crippen LogP contribution is 2.28. The molecule has 0 fully saturated rings. The molecule has 0 bridgehead atoms. The number of rotatable bonds is 9. The van der Waals surface area contributed by atoms with E-state index in [1.807, 2.05) is 6.07 Å². The van der Waals surface area contributed by atoms with E-state index in [1.165, 1.54) is 6.92 Å². The fourth-order valence-corrected chi connectivity index (χ4v) is 3.13. The third kappa shape index (κ3) is 4.79. The van der Waals surface area contributed by atoms with Crippen LogP contribution in [0, 0.1) is 13.8 Å². The molecule has 7 nitrogen and oxygen atoms in total. The molecule has 0 atom stereocenters. The molecule has 7 heteroatoms. The van der Waals surface area contributed by atoms with E-state index in [1.54, 1.807) is 40.2 Å². The Bertz CT molecular complexity index is 897. The Balaban J connectivity index is 1.92. The van der Waals surface area contributed by atoms with E-state index in [9.17, 15) is 14.4 Å². The number of ketones is 2. The zero-order valence-electron chi connectivity index (χ0n) is 16.8. The van der Waals surface area contributed by atoms with Crippen LogP contribution in [0.1, 0.15) is 51.0 Å². The summed E-state index contributed by atoms with van der Waals surface area (Å²) in [4.78, 5) is 38.9. The molecule has 1 aromatic carbocycles. The van der Waals surface area contributed by atoms with Crippen molar-refractivity contribution in [2.45, 2.75) is 33.6 Å². The molecule has 0 saturated carbocycles. The van der Waals surface area contributed by atoms with Crippen molar-refractivity contribution in [3.05, 3.63) is 46.3 Å². The number of benzene rings is 1. The van der Waals surface area contributed by atoms with Crippen molar-refractivity contribution in [1.82, 2.24) is 4.98 Å². The van der Waals surface area contributed by atoms with Gasteiger partial charge in [-0.1, -0.05) is 6.07 Å². The number of hydrogen-bond donors (Lipinski definition) is 1. The van der Waals surface area contributed by atoms with E-state index in [0.717, 1.165) is 5.56 Å². The third-order valence-electron chi connectivity index (χ3n) is 4.50. The van der Waals surface area contributed by atoms with Crippen LogP contribution in [0.5, 0.6) is 11.5 Å². The number of Topliss-reactive ketones (excluding diaryl/α,β-unsaturated/α-hetero) is 2. The van der Waals surface area contributed by atoms with Crippen LogP contribution < -0.4 is 9.47 Å². The van der Waals surface area contributed by atoms with Crippen molar-refractivity contribution in [2.24, 2.45) is 0 Å². The van der Waals surface area contributed by atoms with Gasteiger partial charge in [0.15, 0.2) is 23.9 Å². The minimum atomic E-state index is -0.476. The zero-order valence-corrected chi connectivity index (χ0v) is 16.8. The molecule has 2 aromatic rings. The normalized spacial score (nSPS) is 10.5. The lowest BCUT2D eigenvalue weighted by atomic mass is 10.1. The van der Waals surface area contributed by atoms with Gasteiger partial charge in [-0.05, 0) is 50.5 Å². The van der Waals surface area contributed by atoms with Gasteiger partial charge in [0.2, 0.25) is 5.78 Å². The topological polar surface area (TPSA) is 94.7 Å². The smallest absolute Gasteiger partial charge is 0.306 e. The number of H-pyrrole nitrogens is 1. The molecule has 0 saturated heterocycles. The molecule has 2 rings (SSSR count). The number of aromatic amines is 1. The largest absolute Gasteiger partial charge is 0.493 e. The molecule has 0 aliphatic carbocycles. The van der Waals surface area contributed by atoms with Crippen LogP contribution in [-0.4, -0.2) is 43.3 Å². The van der Waals surface area contributed by atoms with Gasteiger partial charge in [-0.2, -0.15) is 0 Å². The zero-order chi connectivity index (χ0) is 20.8. The quantitative estimate of drug-likeness (QED) is 0.524. The Morgan fingerprint density at radius 3 is 2.29 bits per heavy atom. The van der Waals surface area contributed by atoms with Crippen LogP contribution in [-0.2, 0) is 16.0 Å². The molecule has 0 aliphatic rings. The molecular formula is C21H25NO6. The first-order valence-corrected chi connectivity index (χ1v) is 8.88. The molecule has 150 valence electrons. The molecule has 0 unspecified atom stereocenters. The summed E-state index contributed by atoms with van der Waals surface area (Å²) in [6, 6.07) is 5.41. The van der Waals surface area contributed by atoms with Gasteiger partial charge >= 0.3 is 5.97 Å². The average molecular weight is 387 g/mol. The van der Waals surface area contributed by atoms with Gasteiger partial charge in [0.05, 0.1) is 19.9 Å². The Labute approximate surface area is 164 Å². The van der Waals surface area contributed by atoms with Crippen molar-refractivity contribution in [2.75, 3.05) is 20.8 Å². The summed E-state index contributed by atoms with van der Waals surface area (Å²) < 4.78 is 15.5. The van der Waals surface area contributed by atoms with Gasteiger partial charge in [0.25, 0.3) is 0 Å². The monoisotopic (exact) mass is 387 g/mol. The van der Waals surface area contributed by atoms with Crippen molar-refractivity contribution in [3.8, 4) is 11.5 Å². The Morgan fingerprint density at radius 2 is 1.71 bits per heavy atom. The van der Waals surface area contributed by atoms with E-state index in [4.69, 9.17) is 14.2 Å². The van der Waals surface area contributed by atoms with Crippen LogP contribution in [0.25, 0.3) is 0 Å². The predicted octanol–water partition coefficient (Wildman–Crippen LogP) is 3.21. The Kier molecular flexibility index (Phi) is 6.98.